The number of halogens is 1. The second kappa shape index (κ2) is 10.1. The Balaban J connectivity index is 1.77. The van der Waals surface area contributed by atoms with Gasteiger partial charge in [-0.2, -0.15) is 0 Å². The molecule has 2 aromatic rings. The Morgan fingerprint density at radius 2 is 1.58 bits per heavy atom. The average Bonchev–Trinajstić information content (AvgIpc) is 2.63. The molecule has 0 aliphatic rings. The van der Waals surface area contributed by atoms with Gasteiger partial charge in [-0.05, 0) is 48.4 Å². The number of carbonyl (C=O) groups is 2. The van der Waals surface area contributed by atoms with Crippen molar-refractivity contribution in [1.29, 1.82) is 0 Å². The molecule has 0 spiro atoms. The molecule has 0 saturated carbocycles. The zero-order valence-corrected chi connectivity index (χ0v) is 14.8. The van der Waals surface area contributed by atoms with Crippen molar-refractivity contribution in [3.05, 3.63) is 59.1 Å². The molecule has 6 heteroatoms. The second-order valence-corrected chi connectivity index (χ2v) is 5.82. The normalized spacial score (nSPS) is 9.85. The van der Waals surface area contributed by atoms with Crippen LogP contribution >= 0.6 is 11.6 Å². The molecule has 26 heavy (non-hydrogen) atoms. The molecule has 1 N–H and O–H groups in total. The maximum absolute atomic E-state index is 11.7. The molecule has 5 nitrogen and oxygen atoms in total. The molecule has 2 aromatic carbocycles. The molecule has 0 unspecified atom stereocenters. The minimum absolute atomic E-state index is 0.0490. The first-order chi connectivity index (χ1) is 12.6. The standard InChI is InChI=1S/C20H18ClNO4/c1-2-3-4-5-19(23)22-14-15-6-10-17(11-7-15)25-20(24)26-18-12-8-16(21)9-13-18/h1,6-13H,3-5,14H2,(H,22,23). The Morgan fingerprint density at radius 1 is 1.00 bits per heavy atom. The van der Waals surface area contributed by atoms with E-state index in [0.717, 1.165) is 5.56 Å². The maximum atomic E-state index is 11.7. The minimum Gasteiger partial charge on any atom is -0.395 e. The fourth-order valence-electron chi connectivity index (χ4n) is 2.03. The van der Waals surface area contributed by atoms with E-state index in [4.69, 9.17) is 27.5 Å². The van der Waals surface area contributed by atoms with E-state index in [1.54, 1.807) is 48.5 Å². The van der Waals surface area contributed by atoms with Crippen molar-refractivity contribution in [2.75, 3.05) is 0 Å². The molecular weight excluding hydrogens is 354 g/mol. The first-order valence-electron chi connectivity index (χ1n) is 8.01. The number of nitrogens with one attached hydrogen (secondary N) is 1. The van der Waals surface area contributed by atoms with Crippen LogP contribution in [0.25, 0.3) is 0 Å². The van der Waals surface area contributed by atoms with Gasteiger partial charge in [-0.1, -0.05) is 23.7 Å². The summed E-state index contributed by atoms with van der Waals surface area (Å²) in [6, 6.07) is 13.1. The number of ether oxygens (including phenoxy) is 2. The Hall–Kier alpha value is -2.97. The maximum Gasteiger partial charge on any atom is 0.519 e. The van der Waals surface area contributed by atoms with Gasteiger partial charge in [-0.25, -0.2) is 4.79 Å². The van der Waals surface area contributed by atoms with Crippen LogP contribution in [0.2, 0.25) is 5.02 Å². The van der Waals surface area contributed by atoms with Gasteiger partial charge in [-0.3, -0.25) is 4.79 Å². The largest absolute Gasteiger partial charge is 0.519 e. The second-order valence-electron chi connectivity index (χ2n) is 5.39. The van der Waals surface area contributed by atoms with Crippen LogP contribution in [-0.4, -0.2) is 12.1 Å². The van der Waals surface area contributed by atoms with Crippen molar-refractivity contribution >= 4 is 23.7 Å². The number of terminal acetylenes is 1. The van der Waals surface area contributed by atoms with E-state index in [2.05, 4.69) is 11.2 Å². The summed E-state index contributed by atoms with van der Waals surface area (Å²) in [4.78, 5) is 23.4. The lowest BCUT2D eigenvalue weighted by molar-refractivity contribution is -0.121. The van der Waals surface area contributed by atoms with E-state index in [1.165, 1.54) is 0 Å². The van der Waals surface area contributed by atoms with Crippen LogP contribution in [0.15, 0.2) is 48.5 Å². The van der Waals surface area contributed by atoms with Crippen LogP contribution in [0.5, 0.6) is 11.5 Å². The topological polar surface area (TPSA) is 64.6 Å². The number of amides is 1. The van der Waals surface area contributed by atoms with Gasteiger partial charge < -0.3 is 14.8 Å². The Labute approximate surface area is 157 Å². The van der Waals surface area contributed by atoms with E-state index in [-0.39, 0.29) is 5.91 Å². The molecule has 0 saturated heterocycles. The summed E-state index contributed by atoms with van der Waals surface area (Å²) in [5.74, 6) is 3.13. The van der Waals surface area contributed by atoms with Crippen molar-refractivity contribution in [1.82, 2.24) is 5.32 Å². The first-order valence-corrected chi connectivity index (χ1v) is 8.39. The molecule has 0 heterocycles. The van der Waals surface area contributed by atoms with Gasteiger partial charge in [0.15, 0.2) is 0 Å². The first kappa shape index (κ1) is 19.4. The predicted octanol–water partition coefficient (Wildman–Crippen LogP) is 4.34. The van der Waals surface area contributed by atoms with Gasteiger partial charge in [0.05, 0.1) is 0 Å². The van der Waals surface area contributed by atoms with E-state index in [1.807, 2.05) is 0 Å². The number of unbranched alkanes of at least 4 members (excludes halogenated alkanes) is 1. The third-order valence-electron chi connectivity index (χ3n) is 3.35. The number of benzene rings is 2. The summed E-state index contributed by atoms with van der Waals surface area (Å²) in [5, 5.41) is 3.35. The van der Waals surface area contributed by atoms with Crippen LogP contribution in [0.3, 0.4) is 0 Å². The molecule has 0 atom stereocenters. The molecule has 0 fully saturated rings. The summed E-state index contributed by atoms with van der Waals surface area (Å²) in [5.41, 5.74) is 0.883. The Kier molecular flexibility index (Phi) is 7.53. The van der Waals surface area contributed by atoms with Crippen LogP contribution in [0.4, 0.5) is 4.79 Å². The van der Waals surface area contributed by atoms with Gasteiger partial charge in [-0.15, -0.1) is 12.3 Å². The smallest absolute Gasteiger partial charge is 0.395 e. The molecule has 0 aliphatic carbocycles. The number of rotatable bonds is 7. The highest BCUT2D eigenvalue weighted by Crippen LogP contribution is 2.17. The van der Waals surface area contributed by atoms with Crippen molar-refractivity contribution < 1.29 is 19.1 Å². The van der Waals surface area contributed by atoms with Crippen molar-refractivity contribution in [3.63, 3.8) is 0 Å². The van der Waals surface area contributed by atoms with Crippen LogP contribution in [-0.2, 0) is 11.3 Å². The lowest BCUT2D eigenvalue weighted by Crippen LogP contribution is -2.22. The van der Waals surface area contributed by atoms with Crippen LogP contribution in [0, 0.1) is 12.3 Å². The highest BCUT2D eigenvalue weighted by molar-refractivity contribution is 6.30. The summed E-state index contributed by atoms with van der Waals surface area (Å²) in [7, 11) is 0. The molecule has 0 bridgehead atoms. The zero-order chi connectivity index (χ0) is 18.8. The number of hydrogen-bond donors (Lipinski definition) is 1. The third-order valence-corrected chi connectivity index (χ3v) is 3.61. The van der Waals surface area contributed by atoms with Gasteiger partial charge in [0, 0.05) is 24.4 Å². The lowest BCUT2D eigenvalue weighted by atomic mass is 10.2. The van der Waals surface area contributed by atoms with Crippen molar-refractivity contribution in [3.8, 4) is 23.8 Å². The van der Waals surface area contributed by atoms with Gasteiger partial charge in [0.2, 0.25) is 5.91 Å². The molecule has 0 aromatic heterocycles. The number of carbonyl (C=O) groups excluding carboxylic acids is 2. The van der Waals surface area contributed by atoms with Crippen LogP contribution < -0.4 is 14.8 Å². The highest BCUT2D eigenvalue weighted by atomic mass is 35.5. The SMILES string of the molecule is C#CCCCC(=O)NCc1ccc(OC(=O)Oc2ccc(Cl)cc2)cc1. The Morgan fingerprint density at radius 3 is 2.15 bits per heavy atom. The quantitative estimate of drug-likeness (QED) is 0.340. The van der Waals surface area contributed by atoms with E-state index >= 15 is 0 Å². The van der Waals surface area contributed by atoms with E-state index < -0.39 is 6.16 Å². The summed E-state index contributed by atoms with van der Waals surface area (Å²) in [6.45, 7) is 0.393. The Bertz CT molecular complexity index is 779. The zero-order valence-electron chi connectivity index (χ0n) is 14.0. The molecule has 1 amide bonds. The average molecular weight is 372 g/mol. The van der Waals surface area contributed by atoms with Crippen molar-refractivity contribution in [2.45, 2.75) is 25.8 Å². The predicted molar refractivity (Wildman–Crippen MR) is 99.1 cm³/mol. The molecule has 134 valence electrons. The minimum atomic E-state index is -0.845. The van der Waals surface area contributed by atoms with Crippen molar-refractivity contribution in [2.24, 2.45) is 0 Å². The fourth-order valence-corrected chi connectivity index (χ4v) is 2.16. The summed E-state index contributed by atoms with van der Waals surface area (Å²) >= 11 is 5.76. The highest BCUT2D eigenvalue weighted by Gasteiger charge is 2.08. The molecular formula is C20H18ClNO4. The monoisotopic (exact) mass is 371 g/mol. The summed E-state index contributed by atoms with van der Waals surface area (Å²) < 4.78 is 10.1. The van der Waals surface area contributed by atoms with Crippen LogP contribution in [0.1, 0.15) is 24.8 Å². The molecule has 0 radical (unpaired) electrons. The van der Waals surface area contributed by atoms with Gasteiger partial charge in [0.25, 0.3) is 0 Å². The van der Waals surface area contributed by atoms with Gasteiger partial charge in [0.1, 0.15) is 11.5 Å². The molecule has 0 aliphatic heterocycles. The van der Waals surface area contributed by atoms with E-state index in [9.17, 15) is 9.59 Å². The number of hydrogen-bond acceptors (Lipinski definition) is 4. The van der Waals surface area contributed by atoms with E-state index in [0.29, 0.717) is 42.3 Å². The fraction of sp³-hybridized carbons (Fsp3) is 0.200. The third kappa shape index (κ3) is 6.88. The molecule has 2 rings (SSSR count). The summed E-state index contributed by atoms with van der Waals surface area (Å²) in [6.07, 6.45) is 5.97. The lowest BCUT2D eigenvalue weighted by Gasteiger charge is -2.07. The van der Waals surface area contributed by atoms with Gasteiger partial charge >= 0.3 is 6.16 Å².